The molecule has 27 heavy (non-hydrogen) atoms. The number of rotatable bonds is 4. The van der Waals surface area contributed by atoms with E-state index in [1.807, 2.05) is 25.7 Å². The molecule has 1 aliphatic carbocycles. The Labute approximate surface area is 159 Å². The minimum Gasteiger partial charge on any atom is -0.444 e. The zero-order chi connectivity index (χ0) is 19.4. The van der Waals surface area contributed by atoms with Crippen LogP contribution in [0, 0.1) is 5.92 Å². The second-order valence-corrected chi connectivity index (χ2v) is 8.34. The number of H-pyrrole nitrogens is 1. The van der Waals surface area contributed by atoms with Gasteiger partial charge in [0.25, 0.3) is 0 Å². The van der Waals surface area contributed by atoms with Gasteiger partial charge in [-0.2, -0.15) is 4.98 Å². The van der Waals surface area contributed by atoms with E-state index in [1.54, 1.807) is 4.90 Å². The lowest BCUT2D eigenvalue weighted by Crippen LogP contribution is -2.50. The molecule has 1 aromatic heterocycles. The van der Waals surface area contributed by atoms with Crippen molar-refractivity contribution in [3.63, 3.8) is 0 Å². The highest BCUT2D eigenvalue weighted by atomic mass is 16.6. The monoisotopic (exact) mass is 378 g/mol. The minimum atomic E-state index is -0.496. The fraction of sp³-hybridized carbons (Fsp3) is 0.778. The lowest BCUT2D eigenvalue weighted by atomic mass is 10.0. The normalized spacial score (nSPS) is 18.6. The van der Waals surface area contributed by atoms with E-state index in [1.165, 1.54) is 12.8 Å². The highest BCUT2D eigenvalue weighted by Crippen LogP contribution is 2.27. The van der Waals surface area contributed by atoms with Crippen LogP contribution in [0.4, 0.5) is 16.7 Å². The summed E-state index contributed by atoms with van der Waals surface area (Å²) in [5.41, 5.74) is -0.496. The van der Waals surface area contributed by atoms with Crippen LogP contribution in [0.25, 0.3) is 0 Å². The number of carbonyl (C=O) groups excluding carboxylic acids is 2. The maximum atomic E-state index is 12.1. The van der Waals surface area contributed by atoms with Gasteiger partial charge in [-0.25, -0.2) is 9.89 Å². The Balaban J connectivity index is 1.46. The molecule has 0 radical (unpaired) electrons. The third-order valence-electron chi connectivity index (χ3n) is 4.89. The average molecular weight is 378 g/mol. The maximum absolute atomic E-state index is 12.1. The Morgan fingerprint density at radius 3 is 2.48 bits per heavy atom. The van der Waals surface area contributed by atoms with Gasteiger partial charge < -0.3 is 14.5 Å². The number of hydrogen-bond acceptors (Lipinski definition) is 6. The standard InChI is InChI=1S/C18H30N6O3/c1-18(2,3)27-17(26)24-10-8-23(9-11-24)16-20-15(21-22-16)19-14(25)12-13-6-4-5-7-13/h13H,4-12H2,1-3H3,(H2,19,20,21,22,25). The lowest BCUT2D eigenvalue weighted by molar-refractivity contribution is -0.117. The molecule has 2 fully saturated rings. The van der Waals surface area contributed by atoms with Gasteiger partial charge in [0, 0.05) is 32.6 Å². The van der Waals surface area contributed by atoms with Crippen molar-refractivity contribution in [1.29, 1.82) is 0 Å². The van der Waals surface area contributed by atoms with Crippen LogP contribution in [0.5, 0.6) is 0 Å². The number of carbonyl (C=O) groups is 2. The first kappa shape index (κ1) is 19.4. The minimum absolute atomic E-state index is 0.0145. The summed E-state index contributed by atoms with van der Waals surface area (Å²) in [4.78, 5) is 32.3. The number of amides is 2. The quantitative estimate of drug-likeness (QED) is 0.834. The molecule has 2 amide bonds. The predicted molar refractivity (Wildman–Crippen MR) is 102 cm³/mol. The first-order chi connectivity index (χ1) is 12.8. The molecule has 2 aliphatic rings. The lowest BCUT2D eigenvalue weighted by Gasteiger charge is -2.35. The number of hydrogen-bond donors (Lipinski definition) is 2. The van der Waals surface area contributed by atoms with Crippen LogP contribution in [-0.2, 0) is 9.53 Å². The number of nitrogens with zero attached hydrogens (tertiary/aromatic N) is 4. The van der Waals surface area contributed by atoms with Crippen molar-refractivity contribution in [2.24, 2.45) is 5.92 Å². The van der Waals surface area contributed by atoms with Gasteiger partial charge in [-0.15, -0.1) is 5.10 Å². The Hall–Kier alpha value is -2.32. The van der Waals surface area contributed by atoms with E-state index in [-0.39, 0.29) is 12.0 Å². The van der Waals surface area contributed by atoms with E-state index in [2.05, 4.69) is 20.5 Å². The van der Waals surface area contributed by atoms with Gasteiger partial charge in [0.2, 0.25) is 17.8 Å². The zero-order valence-electron chi connectivity index (χ0n) is 16.5. The van der Waals surface area contributed by atoms with Crippen molar-refractivity contribution < 1.29 is 14.3 Å². The first-order valence-electron chi connectivity index (χ1n) is 9.75. The van der Waals surface area contributed by atoms with Crippen molar-refractivity contribution in [2.45, 2.75) is 58.5 Å². The van der Waals surface area contributed by atoms with E-state index in [0.29, 0.717) is 50.4 Å². The topological polar surface area (TPSA) is 103 Å². The van der Waals surface area contributed by atoms with Gasteiger partial charge >= 0.3 is 6.09 Å². The van der Waals surface area contributed by atoms with E-state index < -0.39 is 5.60 Å². The summed E-state index contributed by atoms with van der Waals surface area (Å²) in [7, 11) is 0. The van der Waals surface area contributed by atoms with Crippen molar-refractivity contribution >= 4 is 23.9 Å². The van der Waals surface area contributed by atoms with Crippen LogP contribution in [0.2, 0.25) is 0 Å². The molecule has 2 heterocycles. The predicted octanol–water partition coefficient (Wildman–Crippen LogP) is 2.38. The molecule has 9 heteroatoms. The average Bonchev–Trinajstić information content (AvgIpc) is 3.25. The Morgan fingerprint density at radius 1 is 1.19 bits per heavy atom. The molecule has 0 bridgehead atoms. The van der Waals surface area contributed by atoms with Crippen LogP contribution >= 0.6 is 0 Å². The molecular weight excluding hydrogens is 348 g/mol. The van der Waals surface area contributed by atoms with Crippen LogP contribution in [0.3, 0.4) is 0 Å². The highest BCUT2D eigenvalue weighted by Gasteiger charge is 2.27. The molecule has 0 aromatic carbocycles. The largest absolute Gasteiger partial charge is 0.444 e. The molecule has 3 rings (SSSR count). The van der Waals surface area contributed by atoms with Crippen molar-refractivity contribution in [1.82, 2.24) is 20.1 Å². The van der Waals surface area contributed by atoms with Gasteiger partial charge in [0.05, 0.1) is 0 Å². The van der Waals surface area contributed by atoms with E-state index >= 15 is 0 Å². The summed E-state index contributed by atoms with van der Waals surface area (Å²) < 4.78 is 5.40. The summed E-state index contributed by atoms with van der Waals surface area (Å²) in [5.74, 6) is 1.39. The molecule has 2 N–H and O–H groups in total. The highest BCUT2D eigenvalue weighted by molar-refractivity contribution is 5.89. The number of ether oxygens (including phenoxy) is 1. The van der Waals surface area contributed by atoms with Crippen molar-refractivity contribution in [3.8, 4) is 0 Å². The summed E-state index contributed by atoms with van der Waals surface area (Å²) in [6, 6.07) is 0. The van der Waals surface area contributed by atoms with Crippen LogP contribution in [0.1, 0.15) is 52.9 Å². The third kappa shape index (κ3) is 5.58. The Bertz CT molecular complexity index is 654. The van der Waals surface area contributed by atoms with Crippen molar-refractivity contribution in [2.75, 3.05) is 36.4 Å². The van der Waals surface area contributed by atoms with Crippen LogP contribution in [-0.4, -0.2) is 63.9 Å². The number of aromatic nitrogens is 3. The van der Waals surface area contributed by atoms with Crippen molar-refractivity contribution in [3.05, 3.63) is 0 Å². The molecule has 1 aromatic rings. The molecule has 0 atom stereocenters. The zero-order valence-corrected chi connectivity index (χ0v) is 16.5. The third-order valence-corrected chi connectivity index (χ3v) is 4.89. The van der Waals surface area contributed by atoms with E-state index in [4.69, 9.17) is 4.74 Å². The second-order valence-electron chi connectivity index (χ2n) is 8.34. The molecule has 0 unspecified atom stereocenters. The first-order valence-corrected chi connectivity index (χ1v) is 9.75. The number of aromatic amines is 1. The smallest absolute Gasteiger partial charge is 0.410 e. The molecule has 1 saturated carbocycles. The maximum Gasteiger partial charge on any atom is 0.410 e. The summed E-state index contributed by atoms with van der Waals surface area (Å²) in [6.45, 7) is 7.91. The van der Waals surface area contributed by atoms with Gasteiger partial charge in [-0.05, 0) is 39.5 Å². The van der Waals surface area contributed by atoms with Gasteiger partial charge in [-0.3, -0.25) is 10.1 Å². The Morgan fingerprint density at radius 2 is 1.85 bits per heavy atom. The van der Waals surface area contributed by atoms with E-state index in [9.17, 15) is 9.59 Å². The molecule has 1 aliphatic heterocycles. The SMILES string of the molecule is CC(C)(C)OC(=O)N1CCN(c2n[nH]c(NC(=O)CC3CCCC3)n2)CC1. The Kier molecular flexibility index (Phi) is 5.86. The number of anilines is 2. The van der Waals surface area contributed by atoms with Gasteiger partial charge in [0.15, 0.2) is 0 Å². The molecular formula is C18H30N6O3. The summed E-state index contributed by atoms with van der Waals surface area (Å²) in [6.07, 6.45) is 4.97. The summed E-state index contributed by atoms with van der Waals surface area (Å²) in [5, 5.41) is 9.78. The van der Waals surface area contributed by atoms with Gasteiger partial charge in [0.1, 0.15) is 5.60 Å². The van der Waals surface area contributed by atoms with E-state index in [0.717, 1.165) is 12.8 Å². The molecule has 9 nitrogen and oxygen atoms in total. The summed E-state index contributed by atoms with van der Waals surface area (Å²) >= 11 is 0. The van der Waals surface area contributed by atoms with Crippen LogP contribution < -0.4 is 10.2 Å². The molecule has 150 valence electrons. The number of piperazine rings is 1. The van der Waals surface area contributed by atoms with Gasteiger partial charge in [-0.1, -0.05) is 12.8 Å². The molecule has 0 spiro atoms. The fourth-order valence-electron chi connectivity index (χ4n) is 3.53. The van der Waals surface area contributed by atoms with Crippen LogP contribution in [0.15, 0.2) is 0 Å². The fourth-order valence-corrected chi connectivity index (χ4v) is 3.53. The number of nitrogens with one attached hydrogen (secondary N) is 2. The molecule has 1 saturated heterocycles. The second kappa shape index (κ2) is 8.14.